The molecule has 0 aliphatic carbocycles. The fourth-order valence-electron chi connectivity index (χ4n) is 2.50. The van der Waals surface area contributed by atoms with Gasteiger partial charge in [0, 0.05) is 17.9 Å². The molecular formula is C17H22N2O4S. The first-order valence-corrected chi connectivity index (χ1v) is 9.07. The first-order chi connectivity index (χ1) is 11.4. The van der Waals surface area contributed by atoms with E-state index in [4.69, 9.17) is 5.11 Å². The summed E-state index contributed by atoms with van der Waals surface area (Å²) in [5.41, 5.74) is 1.55. The quantitative estimate of drug-likeness (QED) is 0.821. The molecule has 1 aliphatic heterocycles. The van der Waals surface area contributed by atoms with E-state index in [-0.39, 0.29) is 11.8 Å². The van der Waals surface area contributed by atoms with Crippen LogP contribution in [0.1, 0.15) is 25.8 Å². The molecule has 2 rings (SSSR count). The van der Waals surface area contributed by atoms with Gasteiger partial charge in [-0.2, -0.15) is 0 Å². The van der Waals surface area contributed by atoms with Crippen molar-refractivity contribution in [3.8, 4) is 0 Å². The molecule has 130 valence electrons. The van der Waals surface area contributed by atoms with Crippen molar-refractivity contribution < 1.29 is 19.5 Å². The van der Waals surface area contributed by atoms with Gasteiger partial charge in [0.1, 0.15) is 6.04 Å². The van der Waals surface area contributed by atoms with Crippen molar-refractivity contribution in [2.24, 2.45) is 5.92 Å². The van der Waals surface area contributed by atoms with Gasteiger partial charge >= 0.3 is 5.97 Å². The van der Waals surface area contributed by atoms with Gasteiger partial charge in [-0.3, -0.25) is 14.4 Å². The number of amides is 2. The number of aliphatic carboxylic acids is 1. The molecule has 2 N–H and O–H groups in total. The van der Waals surface area contributed by atoms with Gasteiger partial charge in [-0.15, -0.1) is 11.8 Å². The molecular weight excluding hydrogens is 328 g/mol. The van der Waals surface area contributed by atoms with Crippen LogP contribution in [0.25, 0.3) is 0 Å². The highest BCUT2D eigenvalue weighted by atomic mass is 32.2. The van der Waals surface area contributed by atoms with Crippen LogP contribution in [0.4, 0.5) is 5.69 Å². The zero-order chi connectivity index (χ0) is 17.7. The van der Waals surface area contributed by atoms with Gasteiger partial charge in [0.15, 0.2) is 0 Å². The summed E-state index contributed by atoms with van der Waals surface area (Å²) in [5.74, 6) is -0.323. The van der Waals surface area contributed by atoms with Crippen LogP contribution in [-0.4, -0.2) is 45.5 Å². The lowest BCUT2D eigenvalue weighted by Crippen LogP contribution is -2.44. The molecule has 0 bridgehead atoms. The maximum atomic E-state index is 12.4. The summed E-state index contributed by atoms with van der Waals surface area (Å²) in [6, 6.07) is 6.71. The van der Waals surface area contributed by atoms with Crippen molar-refractivity contribution in [1.29, 1.82) is 0 Å². The second-order valence-corrected chi connectivity index (χ2v) is 6.86. The van der Waals surface area contributed by atoms with Crippen molar-refractivity contribution in [3.63, 3.8) is 0 Å². The molecule has 1 aromatic rings. The van der Waals surface area contributed by atoms with Gasteiger partial charge in [-0.05, 0) is 24.1 Å². The Morgan fingerprint density at radius 1 is 1.33 bits per heavy atom. The number of thioether (sulfide) groups is 1. The van der Waals surface area contributed by atoms with Crippen LogP contribution >= 0.6 is 11.8 Å². The fraction of sp³-hybridized carbons (Fsp3) is 0.471. The van der Waals surface area contributed by atoms with Gasteiger partial charge in [0.2, 0.25) is 11.8 Å². The Labute approximate surface area is 145 Å². The standard InChI is InChI=1S/C17H22N2O4S/c1-3-15(20)19-10-24-9-14(19)16(21)18-13-6-4-12(5-7-13)8-11(2)17(22)23/h4-7,11,14H,3,8-10H2,1-2H3,(H,18,21)(H,22,23). The summed E-state index contributed by atoms with van der Waals surface area (Å²) in [6.07, 6.45) is 0.836. The number of anilines is 1. The maximum Gasteiger partial charge on any atom is 0.306 e. The minimum Gasteiger partial charge on any atom is -0.481 e. The van der Waals surface area contributed by atoms with E-state index < -0.39 is 17.9 Å². The number of benzene rings is 1. The van der Waals surface area contributed by atoms with Crippen molar-refractivity contribution in [2.75, 3.05) is 16.9 Å². The van der Waals surface area contributed by atoms with Gasteiger partial charge in [-0.25, -0.2) is 0 Å². The Kier molecular flexibility index (Phi) is 6.25. The summed E-state index contributed by atoms with van der Waals surface area (Å²) in [4.78, 5) is 36.8. The molecule has 24 heavy (non-hydrogen) atoms. The molecule has 2 atom stereocenters. The number of carbonyl (C=O) groups excluding carboxylic acids is 2. The molecule has 1 fully saturated rings. The van der Waals surface area contributed by atoms with Gasteiger partial charge in [0.05, 0.1) is 11.8 Å². The summed E-state index contributed by atoms with van der Waals surface area (Å²) in [6.45, 7) is 3.45. The van der Waals surface area contributed by atoms with E-state index >= 15 is 0 Å². The molecule has 0 aromatic heterocycles. The largest absolute Gasteiger partial charge is 0.481 e. The van der Waals surface area contributed by atoms with E-state index in [1.807, 2.05) is 12.1 Å². The van der Waals surface area contributed by atoms with Crippen LogP contribution in [0.15, 0.2) is 24.3 Å². The Morgan fingerprint density at radius 3 is 2.58 bits per heavy atom. The highest BCUT2D eigenvalue weighted by molar-refractivity contribution is 7.99. The molecule has 0 spiro atoms. The number of nitrogens with zero attached hydrogens (tertiary/aromatic N) is 1. The van der Waals surface area contributed by atoms with Crippen molar-refractivity contribution >= 4 is 35.2 Å². The van der Waals surface area contributed by atoms with Gasteiger partial charge < -0.3 is 15.3 Å². The van der Waals surface area contributed by atoms with Crippen molar-refractivity contribution in [3.05, 3.63) is 29.8 Å². The Bertz CT molecular complexity index is 618. The van der Waals surface area contributed by atoms with E-state index in [0.717, 1.165) is 5.56 Å². The average molecular weight is 350 g/mol. The average Bonchev–Trinajstić information content (AvgIpc) is 3.05. The monoisotopic (exact) mass is 350 g/mol. The third kappa shape index (κ3) is 4.50. The maximum absolute atomic E-state index is 12.4. The van der Waals surface area contributed by atoms with E-state index in [9.17, 15) is 14.4 Å². The van der Waals surface area contributed by atoms with E-state index in [1.165, 1.54) is 0 Å². The van der Waals surface area contributed by atoms with Crippen LogP contribution < -0.4 is 5.32 Å². The van der Waals surface area contributed by atoms with Gasteiger partial charge in [-0.1, -0.05) is 26.0 Å². The smallest absolute Gasteiger partial charge is 0.306 e. The topological polar surface area (TPSA) is 86.7 Å². The van der Waals surface area contributed by atoms with Gasteiger partial charge in [0.25, 0.3) is 0 Å². The molecule has 2 unspecified atom stereocenters. The second kappa shape index (κ2) is 8.19. The van der Waals surface area contributed by atoms with Crippen LogP contribution in [-0.2, 0) is 20.8 Å². The highest BCUT2D eigenvalue weighted by Crippen LogP contribution is 2.23. The number of carboxylic acids is 1. The highest BCUT2D eigenvalue weighted by Gasteiger charge is 2.33. The summed E-state index contributed by atoms with van der Waals surface area (Å²) >= 11 is 1.57. The zero-order valence-electron chi connectivity index (χ0n) is 13.8. The predicted octanol–water partition coefficient (Wildman–Crippen LogP) is 2.20. The molecule has 0 saturated carbocycles. The minimum atomic E-state index is -0.827. The summed E-state index contributed by atoms with van der Waals surface area (Å²) in [5, 5.41) is 11.8. The Morgan fingerprint density at radius 2 is 2.00 bits per heavy atom. The van der Waals surface area contributed by atoms with Crippen LogP contribution in [0.3, 0.4) is 0 Å². The molecule has 6 nitrogen and oxygen atoms in total. The third-order valence-electron chi connectivity index (χ3n) is 3.99. The lowest BCUT2D eigenvalue weighted by molar-refractivity contribution is -0.141. The lowest BCUT2D eigenvalue weighted by atomic mass is 10.0. The lowest BCUT2D eigenvalue weighted by Gasteiger charge is -2.22. The number of rotatable bonds is 6. The number of hydrogen-bond acceptors (Lipinski definition) is 4. The summed E-state index contributed by atoms with van der Waals surface area (Å²) < 4.78 is 0. The van der Waals surface area contributed by atoms with E-state index in [0.29, 0.717) is 30.2 Å². The first-order valence-electron chi connectivity index (χ1n) is 7.92. The minimum absolute atomic E-state index is 0.0156. The third-order valence-corrected chi connectivity index (χ3v) is 5.00. The number of hydrogen-bond donors (Lipinski definition) is 2. The summed E-state index contributed by atoms with van der Waals surface area (Å²) in [7, 11) is 0. The SMILES string of the molecule is CCC(=O)N1CSCC1C(=O)Nc1ccc(CC(C)C(=O)O)cc1. The van der Waals surface area contributed by atoms with Crippen molar-refractivity contribution in [1.82, 2.24) is 4.90 Å². The zero-order valence-corrected chi connectivity index (χ0v) is 14.6. The molecule has 1 aliphatic rings. The second-order valence-electron chi connectivity index (χ2n) is 5.86. The van der Waals surface area contributed by atoms with E-state index in [2.05, 4.69) is 5.32 Å². The molecule has 1 saturated heterocycles. The molecule has 0 radical (unpaired) electrons. The van der Waals surface area contributed by atoms with Crippen LogP contribution in [0, 0.1) is 5.92 Å². The Balaban J connectivity index is 1.97. The number of carbonyl (C=O) groups is 3. The molecule has 2 amide bonds. The van der Waals surface area contributed by atoms with Crippen molar-refractivity contribution in [2.45, 2.75) is 32.7 Å². The van der Waals surface area contributed by atoms with E-state index in [1.54, 1.807) is 42.6 Å². The fourth-order valence-corrected chi connectivity index (χ4v) is 3.68. The Hall–Kier alpha value is -2.02. The molecule has 7 heteroatoms. The number of carboxylic acid groups (broad SMARTS) is 1. The molecule has 1 heterocycles. The molecule has 1 aromatic carbocycles. The van der Waals surface area contributed by atoms with Crippen LogP contribution in [0.5, 0.6) is 0 Å². The normalized spacial score (nSPS) is 18.2. The van der Waals surface area contributed by atoms with Crippen LogP contribution in [0.2, 0.25) is 0 Å². The predicted molar refractivity (Wildman–Crippen MR) is 93.8 cm³/mol. The number of nitrogens with one attached hydrogen (secondary N) is 1. The first kappa shape index (κ1) is 18.3.